The third-order valence-corrected chi connectivity index (χ3v) is 6.23. The van der Waals surface area contributed by atoms with E-state index in [0.717, 1.165) is 5.56 Å². The molecule has 0 aliphatic heterocycles. The second-order valence-corrected chi connectivity index (χ2v) is 8.60. The molecule has 0 saturated carbocycles. The van der Waals surface area contributed by atoms with E-state index in [4.69, 9.17) is 5.73 Å². The van der Waals surface area contributed by atoms with Crippen molar-refractivity contribution >= 4 is 19.2 Å². The van der Waals surface area contributed by atoms with Gasteiger partial charge in [-0.2, -0.15) is 0 Å². The van der Waals surface area contributed by atoms with Crippen molar-refractivity contribution in [2.24, 2.45) is 11.7 Å². The number of benzene rings is 1. The number of carboxylic acid groups (broad SMARTS) is 1. The van der Waals surface area contributed by atoms with E-state index in [1.165, 1.54) is 6.92 Å². The van der Waals surface area contributed by atoms with Gasteiger partial charge >= 0.3 is 5.97 Å². The van der Waals surface area contributed by atoms with Crippen molar-refractivity contribution in [1.82, 2.24) is 5.32 Å². The maximum Gasteiger partial charge on any atom is 0.311 e. The second-order valence-electron chi connectivity index (χ2n) is 6.17. The molecule has 1 amide bonds. The summed E-state index contributed by atoms with van der Waals surface area (Å²) in [6.07, 6.45) is -0.459. The smallest absolute Gasteiger partial charge is 0.311 e. The van der Waals surface area contributed by atoms with Crippen LogP contribution in [-0.4, -0.2) is 33.8 Å². The van der Waals surface area contributed by atoms with E-state index in [-0.39, 0.29) is 12.5 Å². The summed E-state index contributed by atoms with van der Waals surface area (Å²) < 4.78 is 12.8. The van der Waals surface area contributed by atoms with Crippen LogP contribution in [0.25, 0.3) is 0 Å². The van der Waals surface area contributed by atoms with Crippen LogP contribution in [0.5, 0.6) is 0 Å². The van der Waals surface area contributed by atoms with Gasteiger partial charge in [0.25, 0.3) is 0 Å². The fraction of sp³-hybridized carbons (Fsp3) is 0.500. The highest BCUT2D eigenvalue weighted by atomic mass is 31.2. The number of carbonyl (C=O) groups excluding carboxylic acids is 1. The molecule has 0 aliphatic rings. The normalized spacial score (nSPS) is 16.2. The lowest BCUT2D eigenvalue weighted by atomic mass is 9.99. The molecule has 0 radical (unpaired) electrons. The Labute approximate surface area is 141 Å². The van der Waals surface area contributed by atoms with Gasteiger partial charge in [0.05, 0.1) is 5.92 Å². The molecule has 1 aromatic rings. The number of carboxylic acids is 1. The molecule has 0 fully saturated rings. The molecule has 5 N–H and O–H groups in total. The average molecular weight is 356 g/mol. The summed E-state index contributed by atoms with van der Waals surface area (Å²) in [5.74, 6) is -4.07. The monoisotopic (exact) mass is 356 g/mol. The Morgan fingerprint density at radius 3 is 2.42 bits per heavy atom. The predicted molar refractivity (Wildman–Crippen MR) is 91.8 cm³/mol. The Kier molecular flexibility index (Phi) is 7.14. The summed E-state index contributed by atoms with van der Waals surface area (Å²) in [5.41, 5.74) is 6.73. The average Bonchev–Trinajstić information content (AvgIpc) is 2.49. The van der Waals surface area contributed by atoms with Crippen LogP contribution in [0.2, 0.25) is 0 Å². The van der Waals surface area contributed by atoms with E-state index >= 15 is 0 Å². The lowest BCUT2D eigenvalue weighted by Crippen LogP contribution is -2.38. The third kappa shape index (κ3) is 5.44. The quantitative estimate of drug-likeness (QED) is 0.525. The van der Waals surface area contributed by atoms with E-state index in [0.29, 0.717) is 5.56 Å². The molecular weight excluding hydrogens is 331 g/mol. The number of nitrogens with two attached hydrogens (primary N) is 1. The van der Waals surface area contributed by atoms with Crippen LogP contribution in [0.15, 0.2) is 24.3 Å². The van der Waals surface area contributed by atoms with Gasteiger partial charge in [-0.15, -0.1) is 0 Å². The van der Waals surface area contributed by atoms with Crippen LogP contribution in [0, 0.1) is 5.92 Å². The fourth-order valence-electron chi connectivity index (χ4n) is 2.58. The van der Waals surface area contributed by atoms with Crippen molar-refractivity contribution < 1.29 is 24.2 Å². The number of rotatable bonds is 8. The zero-order chi connectivity index (χ0) is 18.5. The maximum atomic E-state index is 12.8. The van der Waals surface area contributed by atoms with Gasteiger partial charge in [-0.25, -0.2) is 0 Å². The predicted octanol–water partition coefficient (Wildman–Crippen LogP) is 1.70. The zero-order valence-corrected chi connectivity index (χ0v) is 15.0. The molecule has 0 spiro atoms. The number of aliphatic carboxylic acids is 1. The fourth-order valence-corrected chi connectivity index (χ4v) is 5.01. The maximum absolute atomic E-state index is 12.8. The van der Waals surface area contributed by atoms with Gasteiger partial charge in [-0.3, -0.25) is 14.2 Å². The largest absolute Gasteiger partial charge is 0.481 e. The minimum Gasteiger partial charge on any atom is -0.481 e. The Hall–Kier alpha value is -1.69. The molecule has 1 aromatic carbocycles. The van der Waals surface area contributed by atoms with Gasteiger partial charge in [-0.05, 0) is 17.0 Å². The van der Waals surface area contributed by atoms with E-state index in [1.54, 1.807) is 38.1 Å². The van der Waals surface area contributed by atoms with Crippen LogP contribution < -0.4 is 11.1 Å². The van der Waals surface area contributed by atoms with Crippen molar-refractivity contribution in [3.8, 4) is 0 Å². The van der Waals surface area contributed by atoms with Gasteiger partial charge in [0, 0.05) is 19.6 Å². The van der Waals surface area contributed by atoms with Crippen LogP contribution >= 0.6 is 7.37 Å². The number of nitrogens with one attached hydrogen (secondary N) is 1. The first-order valence-electron chi connectivity index (χ1n) is 7.68. The van der Waals surface area contributed by atoms with Gasteiger partial charge in [0.1, 0.15) is 5.78 Å². The molecule has 3 unspecified atom stereocenters. The summed E-state index contributed by atoms with van der Waals surface area (Å²) in [4.78, 5) is 33.4. The molecule has 1 rings (SSSR count). The highest BCUT2D eigenvalue weighted by Gasteiger charge is 2.39. The number of amides is 1. The molecule has 24 heavy (non-hydrogen) atoms. The van der Waals surface area contributed by atoms with Gasteiger partial charge in [0.15, 0.2) is 0 Å². The Bertz CT molecular complexity index is 647. The first-order chi connectivity index (χ1) is 11.1. The Morgan fingerprint density at radius 1 is 1.33 bits per heavy atom. The summed E-state index contributed by atoms with van der Waals surface area (Å²) in [6.45, 7) is 4.91. The molecule has 0 aromatic heterocycles. The number of hydrogen-bond donors (Lipinski definition) is 4. The topological polar surface area (TPSA) is 130 Å². The van der Waals surface area contributed by atoms with Crippen molar-refractivity contribution in [3.63, 3.8) is 0 Å². The number of carbonyl (C=O) groups is 2. The lowest BCUT2D eigenvalue weighted by molar-refractivity contribution is -0.138. The summed E-state index contributed by atoms with van der Waals surface area (Å²) >= 11 is 0. The molecule has 3 atom stereocenters. The van der Waals surface area contributed by atoms with E-state index in [2.05, 4.69) is 5.32 Å². The van der Waals surface area contributed by atoms with Crippen molar-refractivity contribution in [2.75, 3.05) is 6.16 Å². The second kappa shape index (κ2) is 8.42. The molecule has 7 nitrogen and oxygen atoms in total. The summed E-state index contributed by atoms with van der Waals surface area (Å²) in [7, 11) is -3.96. The molecule has 0 heterocycles. The molecular formula is C16H25N2O5P. The minimum absolute atomic E-state index is 0.247. The SMILES string of the molecule is CC(=O)NC(C(C)C)P(=O)(O)CC(C(=O)O)c1cccc(CN)c1. The zero-order valence-electron chi connectivity index (χ0n) is 14.1. The van der Waals surface area contributed by atoms with Crippen LogP contribution in [0.3, 0.4) is 0 Å². The third-order valence-electron chi connectivity index (χ3n) is 3.75. The van der Waals surface area contributed by atoms with Gasteiger partial charge < -0.3 is 21.1 Å². The summed E-state index contributed by atoms with van der Waals surface area (Å²) in [6, 6.07) is 6.65. The number of hydrogen-bond acceptors (Lipinski definition) is 4. The molecule has 8 heteroatoms. The van der Waals surface area contributed by atoms with Crippen LogP contribution in [-0.2, 0) is 20.7 Å². The van der Waals surface area contributed by atoms with Crippen LogP contribution in [0.4, 0.5) is 0 Å². The van der Waals surface area contributed by atoms with E-state index in [9.17, 15) is 24.2 Å². The summed E-state index contributed by atoms with van der Waals surface area (Å²) in [5, 5.41) is 12.0. The standard InChI is InChI=1S/C16H25N2O5P/c1-10(2)15(18-11(3)19)24(22,23)9-14(16(20)21)13-6-4-5-12(7-13)8-17/h4-7,10,14-15H,8-9,17H2,1-3H3,(H,18,19)(H,20,21)(H,22,23). The van der Waals surface area contributed by atoms with Gasteiger partial charge in [-0.1, -0.05) is 38.1 Å². The molecule has 0 saturated heterocycles. The van der Waals surface area contributed by atoms with Crippen molar-refractivity contribution in [3.05, 3.63) is 35.4 Å². The Morgan fingerprint density at radius 2 is 1.96 bits per heavy atom. The first kappa shape index (κ1) is 20.4. The first-order valence-corrected chi connectivity index (χ1v) is 9.60. The van der Waals surface area contributed by atoms with E-state index < -0.39 is 37.1 Å². The molecule has 134 valence electrons. The van der Waals surface area contributed by atoms with Crippen molar-refractivity contribution in [2.45, 2.75) is 39.0 Å². The minimum atomic E-state index is -3.96. The van der Waals surface area contributed by atoms with Gasteiger partial charge in [0.2, 0.25) is 13.3 Å². The molecule has 0 aliphatic carbocycles. The molecule has 0 bridgehead atoms. The lowest BCUT2D eigenvalue weighted by Gasteiger charge is -2.28. The Balaban J connectivity index is 3.15. The van der Waals surface area contributed by atoms with E-state index in [1.807, 2.05) is 0 Å². The highest BCUT2D eigenvalue weighted by Crippen LogP contribution is 2.51. The highest BCUT2D eigenvalue weighted by molar-refractivity contribution is 7.58. The van der Waals surface area contributed by atoms with Crippen LogP contribution in [0.1, 0.15) is 37.8 Å². The van der Waals surface area contributed by atoms with Crippen molar-refractivity contribution in [1.29, 1.82) is 0 Å².